The zero-order valence-electron chi connectivity index (χ0n) is 12.5. The average Bonchev–Trinajstić information content (AvgIpc) is 2.97. The molecular weight excluding hydrogens is 254 g/mol. The Hall–Kier alpha value is -0.840. The third-order valence-electron chi connectivity index (χ3n) is 3.70. The zero-order chi connectivity index (χ0) is 14.0. The monoisotopic (exact) mass is 281 g/mol. The molecule has 0 bridgehead atoms. The molecule has 1 aromatic heterocycles. The van der Waals surface area contributed by atoms with Crippen LogP contribution in [0.25, 0.3) is 0 Å². The first-order chi connectivity index (χ1) is 9.88. The summed E-state index contributed by atoms with van der Waals surface area (Å²) in [4.78, 5) is 0. The fourth-order valence-corrected chi connectivity index (χ4v) is 2.64. The number of furan rings is 1. The van der Waals surface area contributed by atoms with E-state index < -0.39 is 0 Å². The van der Waals surface area contributed by atoms with Crippen LogP contribution in [0.5, 0.6) is 0 Å². The van der Waals surface area contributed by atoms with Gasteiger partial charge in [0, 0.05) is 19.3 Å². The third kappa shape index (κ3) is 5.65. The van der Waals surface area contributed by atoms with Crippen LogP contribution in [0.3, 0.4) is 0 Å². The van der Waals surface area contributed by atoms with E-state index in [0.29, 0.717) is 18.8 Å². The summed E-state index contributed by atoms with van der Waals surface area (Å²) in [5, 5.41) is 3.62. The van der Waals surface area contributed by atoms with E-state index in [9.17, 15) is 0 Å². The van der Waals surface area contributed by atoms with Gasteiger partial charge in [-0.05, 0) is 44.4 Å². The Bertz CT molecular complexity index is 338. The van der Waals surface area contributed by atoms with Gasteiger partial charge in [0.15, 0.2) is 0 Å². The molecule has 2 heterocycles. The van der Waals surface area contributed by atoms with Gasteiger partial charge in [-0.25, -0.2) is 0 Å². The van der Waals surface area contributed by atoms with Gasteiger partial charge >= 0.3 is 0 Å². The summed E-state index contributed by atoms with van der Waals surface area (Å²) >= 11 is 0. The van der Waals surface area contributed by atoms with Crippen molar-refractivity contribution in [3.63, 3.8) is 0 Å². The van der Waals surface area contributed by atoms with Gasteiger partial charge in [0.25, 0.3) is 0 Å². The van der Waals surface area contributed by atoms with E-state index in [0.717, 1.165) is 44.8 Å². The van der Waals surface area contributed by atoms with Gasteiger partial charge in [-0.2, -0.15) is 0 Å². The van der Waals surface area contributed by atoms with Gasteiger partial charge < -0.3 is 19.2 Å². The first-order valence-electron chi connectivity index (χ1n) is 7.83. The van der Waals surface area contributed by atoms with Crippen molar-refractivity contribution in [3.8, 4) is 0 Å². The summed E-state index contributed by atoms with van der Waals surface area (Å²) in [5.41, 5.74) is 0. The van der Waals surface area contributed by atoms with E-state index in [-0.39, 0.29) is 0 Å². The molecule has 2 atom stereocenters. The van der Waals surface area contributed by atoms with Crippen LogP contribution in [0.15, 0.2) is 22.8 Å². The molecule has 0 aliphatic carbocycles. The largest absolute Gasteiger partial charge is 0.467 e. The normalized spacial score (nSPS) is 23.1. The molecule has 0 spiro atoms. The van der Waals surface area contributed by atoms with E-state index in [1.54, 1.807) is 6.26 Å². The average molecular weight is 281 g/mol. The molecule has 4 nitrogen and oxygen atoms in total. The second-order valence-electron chi connectivity index (χ2n) is 5.44. The zero-order valence-corrected chi connectivity index (χ0v) is 12.5. The van der Waals surface area contributed by atoms with E-state index in [2.05, 4.69) is 12.2 Å². The van der Waals surface area contributed by atoms with Crippen molar-refractivity contribution in [2.75, 3.05) is 19.8 Å². The molecule has 0 amide bonds. The molecule has 1 aromatic rings. The maximum Gasteiger partial charge on any atom is 0.129 e. The Labute approximate surface area is 121 Å². The van der Waals surface area contributed by atoms with Crippen molar-refractivity contribution >= 4 is 0 Å². The Morgan fingerprint density at radius 3 is 3.20 bits per heavy atom. The van der Waals surface area contributed by atoms with Crippen molar-refractivity contribution < 1.29 is 13.9 Å². The van der Waals surface area contributed by atoms with Crippen molar-refractivity contribution in [3.05, 3.63) is 24.2 Å². The molecule has 4 heteroatoms. The maximum absolute atomic E-state index is 5.76. The third-order valence-corrected chi connectivity index (χ3v) is 3.70. The topological polar surface area (TPSA) is 43.6 Å². The Kier molecular flexibility index (Phi) is 7.12. The highest BCUT2D eigenvalue weighted by Crippen LogP contribution is 2.17. The molecular formula is C16H27NO3. The van der Waals surface area contributed by atoms with Gasteiger partial charge in [0.05, 0.1) is 12.4 Å². The van der Waals surface area contributed by atoms with Crippen molar-refractivity contribution in [2.24, 2.45) is 0 Å². The Morgan fingerprint density at radius 1 is 1.45 bits per heavy atom. The van der Waals surface area contributed by atoms with E-state index in [4.69, 9.17) is 13.9 Å². The molecule has 20 heavy (non-hydrogen) atoms. The fraction of sp³-hybridized carbons (Fsp3) is 0.750. The highest BCUT2D eigenvalue weighted by atomic mass is 16.5. The number of rotatable bonds is 9. The van der Waals surface area contributed by atoms with Crippen LogP contribution >= 0.6 is 0 Å². The summed E-state index contributed by atoms with van der Waals surface area (Å²) in [6.45, 7) is 5.48. The predicted octanol–water partition coefficient (Wildman–Crippen LogP) is 3.12. The molecule has 1 aliphatic rings. The van der Waals surface area contributed by atoms with Gasteiger partial charge in [-0.3, -0.25) is 0 Å². The minimum atomic E-state index is 0.460. The summed E-state index contributed by atoms with van der Waals surface area (Å²) in [7, 11) is 0. The minimum absolute atomic E-state index is 0.460. The smallest absolute Gasteiger partial charge is 0.129 e. The van der Waals surface area contributed by atoms with Crippen LogP contribution in [-0.2, 0) is 16.1 Å². The van der Waals surface area contributed by atoms with E-state index in [1.807, 2.05) is 12.1 Å². The van der Waals surface area contributed by atoms with Crippen LogP contribution in [-0.4, -0.2) is 31.9 Å². The summed E-state index contributed by atoms with van der Waals surface area (Å²) < 4.78 is 16.5. The molecule has 2 unspecified atom stereocenters. The molecule has 1 aliphatic heterocycles. The minimum Gasteiger partial charge on any atom is -0.467 e. The number of ether oxygens (including phenoxy) is 2. The highest BCUT2D eigenvalue weighted by molar-refractivity contribution is 4.95. The summed E-state index contributed by atoms with van der Waals surface area (Å²) in [6.07, 6.45) is 7.85. The van der Waals surface area contributed by atoms with Crippen LogP contribution in [0.1, 0.15) is 44.8 Å². The van der Waals surface area contributed by atoms with Crippen LogP contribution in [0.4, 0.5) is 0 Å². The fourth-order valence-electron chi connectivity index (χ4n) is 2.64. The second-order valence-corrected chi connectivity index (χ2v) is 5.44. The van der Waals surface area contributed by atoms with Gasteiger partial charge in [-0.15, -0.1) is 0 Å². The molecule has 2 rings (SSSR count). The summed E-state index contributed by atoms with van der Waals surface area (Å²) in [6, 6.07) is 4.44. The van der Waals surface area contributed by atoms with E-state index in [1.165, 1.54) is 12.8 Å². The quantitative estimate of drug-likeness (QED) is 0.706. The lowest BCUT2D eigenvalue weighted by molar-refractivity contribution is -0.00351. The lowest BCUT2D eigenvalue weighted by atomic mass is 10.00. The lowest BCUT2D eigenvalue weighted by Gasteiger charge is -2.30. The predicted molar refractivity (Wildman–Crippen MR) is 78.7 cm³/mol. The van der Waals surface area contributed by atoms with Crippen molar-refractivity contribution in [1.29, 1.82) is 0 Å². The number of hydrogen-bond donors (Lipinski definition) is 1. The molecule has 1 N–H and O–H groups in total. The lowest BCUT2D eigenvalue weighted by Crippen LogP contribution is -2.39. The molecule has 1 fully saturated rings. The number of nitrogens with one attached hydrogen (secondary N) is 1. The standard InChI is InChI=1S/C16H27NO3/c1-2-5-15-12-14(7-11-20-15)17-8-4-9-18-13-16-6-3-10-19-16/h3,6,10,14-15,17H,2,4-5,7-9,11-13H2,1H3. The molecule has 1 saturated heterocycles. The van der Waals surface area contributed by atoms with Crippen LogP contribution in [0.2, 0.25) is 0 Å². The van der Waals surface area contributed by atoms with Gasteiger partial charge in [0.1, 0.15) is 12.4 Å². The van der Waals surface area contributed by atoms with Crippen LogP contribution in [0, 0.1) is 0 Å². The maximum atomic E-state index is 5.76. The first kappa shape index (κ1) is 15.5. The van der Waals surface area contributed by atoms with Crippen molar-refractivity contribution in [1.82, 2.24) is 5.32 Å². The van der Waals surface area contributed by atoms with Gasteiger partial charge in [-0.1, -0.05) is 13.3 Å². The van der Waals surface area contributed by atoms with Gasteiger partial charge in [0.2, 0.25) is 0 Å². The Balaban J connectivity index is 1.48. The second kappa shape index (κ2) is 9.16. The molecule has 0 aromatic carbocycles. The molecule has 0 radical (unpaired) electrons. The van der Waals surface area contributed by atoms with Crippen LogP contribution < -0.4 is 5.32 Å². The summed E-state index contributed by atoms with van der Waals surface area (Å²) in [5.74, 6) is 0.893. The highest BCUT2D eigenvalue weighted by Gasteiger charge is 2.20. The van der Waals surface area contributed by atoms with E-state index >= 15 is 0 Å². The molecule has 114 valence electrons. The molecule has 0 saturated carbocycles. The first-order valence-corrected chi connectivity index (χ1v) is 7.83. The Morgan fingerprint density at radius 2 is 2.40 bits per heavy atom. The number of hydrogen-bond acceptors (Lipinski definition) is 4. The SMILES string of the molecule is CCCC1CC(NCCCOCc2ccco2)CCO1. The van der Waals surface area contributed by atoms with Crippen molar-refractivity contribution in [2.45, 2.75) is 57.8 Å².